The maximum absolute atomic E-state index is 13.2. The molecule has 3 aliphatic rings. The summed E-state index contributed by atoms with van der Waals surface area (Å²) in [5.41, 5.74) is 2.98. The number of benzene rings is 1. The van der Waals surface area contributed by atoms with E-state index in [0.29, 0.717) is 25.5 Å². The van der Waals surface area contributed by atoms with E-state index in [-0.39, 0.29) is 36.2 Å². The molecule has 4 heterocycles. The van der Waals surface area contributed by atoms with Crippen molar-refractivity contribution in [3.8, 4) is 5.88 Å². The van der Waals surface area contributed by atoms with Gasteiger partial charge in [-0.25, -0.2) is 9.97 Å². The van der Waals surface area contributed by atoms with Gasteiger partial charge in [0, 0.05) is 71.1 Å². The first-order chi connectivity index (χ1) is 17.0. The summed E-state index contributed by atoms with van der Waals surface area (Å²) >= 11 is 0. The Kier molecular flexibility index (Phi) is 6.97. The summed E-state index contributed by atoms with van der Waals surface area (Å²) in [5, 5.41) is 10.9. The lowest BCUT2D eigenvalue weighted by atomic mass is 9.94. The van der Waals surface area contributed by atoms with Crippen molar-refractivity contribution in [2.45, 2.75) is 57.4 Å². The van der Waals surface area contributed by atoms with Crippen LogP contribution in [-0.4, -0.2) is 92.6 Å². The number of piperidine rings is 2. The van der Waals surface area contributed by atoms with Gasteiger partial charge < -0.3 is 19.6 Å². The Morgan fingerprint density at radius 2 is 1.74 bits per heavy atom. The second-order valence-corrected chi connectivity index (χ2v) is 9.73. The van der Waals surface area contributed by atoms with Crippen LogP contribution in [0.5, 0.6) is 5.88 Å². The van der Waals surface area contributed by atoms with Crippen molar-refractivity contribution in [2.24, 2.45) is 0 Å². The molecule has 0 saturated carbocycles. The fourth-order valence-corrected chi connectivity index (χ4v) is 5.47. The molecule has 35 heavy (non-hydrogen) atoms. The predicted octanol–water partition coefficient (Wildman–Crippen LogP) is 1.50. The molecule has 0 bridgehead atoms. The number of hydrogen-bond acceptors (Lipinski definition) is 7. The predicted molar refractivity (Wildman–Crippen MR) is 129 cm³/mol. The van der Waals surface area contributed by atoms with Crippen molar-refractivity contribution in [1.29, 1.82) is 0 Å². The molecule has 9 heteroatoms. The van der Waals surface area contributed by atoms with Crippen molar-refractivity contribution in [3.05, 3.63) is 53.5 Å². The molecule has 2 saturated heterocycles. The second kappa shape index (κ2) is 10.3. The molecule has 1 aromatic carbocycles. The van der Waals surface area contributed by atoms with Gasteiger partial charge in [-0.3, -0.25) is 14.5 Å². The number of ether oxygens (including phenoxy) is 1. The molecule has 1 N–H and O–H groups in total. The summed E-state index contributed by atoms with van der Waals surface area (Å²) in [5.74, 6) is 0.228. The van der Waals surface area contributed by atoms with Gasteiger partial charge in [-0.1, -0.05) is 24.3 Å². The summed E-state index contributed by atoms with van der Waals surface area (Å²) in [6.07, 6.45) is 3.86. The molecule has 2 atom stereocenters. The smallest absolute Gasteiger partial charge is 0.272 e. The largest absolute Gasteiger partial charge is 0.474 e. The third-order valence-electron chi connectivity index (χ3n) is 7.50. The first kappa shape index (κ1) is 23.7. The zero-order chi connectivity index (χ0) is 24.4. The lowest BCUT2D eigenvalue weighted by Gasteiger charge is -2.43. The highest BCUT2D eigenvalue weighted by Crippen LogP contribution is 2.26. The minimum absolute atomic E-state index is 0.0394. The van der Waals surface area contributed by atoms with Crippen molar-refractivity contribution in [3.63, 3.8) is 0 Å². The zero-order valence-electron chi connectivity index (χ0n) is 20.2. The van der Waals surface area contributed by atoms with E-state index in [1.54, 1.807) is 17.9 Å². The van der Waals surface area contributed by atoms with E-state index in [2.05, 4.69) is 39.1 Å². The minimum atomic E-state index is -0.609. The number of nitrogens with zero attached hydrogens (tertiary/aromatic N) is 5. The highest BCUT2D eigenvalue weighted by Gasteiger charge is 2.36. The average molecular weight is 480 g/mol. The number of fused-ring (bicyclic) bond motifs is 1. The van der Waals surface area contributed by atoms with Crippen LogP contribution in [0.1, 0.15) is 47.8 Å². The Morgan fingerprint density at radius 3 is 2.49 bits per heavy atom. The molecule has 9 nitrogen and oxygen atoms in total. The van der Waals surface area contributed by atoms with Crippen molar-refractivity contribution in [1.82, 2.24) is 24.7 Å². The van der Waals surface area contributed by atoms with Crippen LogP contribution in [0.4, 0.5) is 0 Å². The maximum Gasteiger partial charge on any atom is 0.272 e. The van der Waals surface area contributed by atoms with E-state index in [1.165, 1.54) is 17.5 Å². The Labute approximate surface area is 205 Å². The number of carbonyl (C=O) groups excluding carboxylic acids is 2. The Bertz CT molecular complexity index is 1070. The van der Waals surface area contributed by atoms with E-state index in [4.69, 9.17) is 4.74 Å². The highest BCUT2D eigenvalue weighted by atomic mass is 16.5. The number of aliphatic hydroxyl groups is 1. The molecule has 1 aromatic heterocycles. The van der Waals surface area contributed by atoms with Crippen molar-refractivity contribution < 1.29 is 19.4 Å². The van der Waals surface area contributed by atoms with Crippen LogP contribution in [0.2, 0.25) is 0 Å². The van der Waals surface area contributed by atoms with Gasteiger partial charge in [-0.2, -0.15) is 0 Å². The molecule has 5 rings (SSSR count). The molecule has 186 valence electrons. The summed E-state index contributed by atoms with van der Waals surface area (Å²) in [6.45, 7) is 5.51. The molecule has 3 aliphatic heterocycles. The van der Waals surface area contributed by atoms with Crippen molar-refractivity contribution in [2.75, 3.05) is 32.7 Å². The van der Waals surface area contributed by atoms with E-state index in [1.807, 2.05) is 4.90 Å². The second-order valence-electron chi connectivity index (χ2n) is 9.73. The summed E-state index contributed by atoms with van der Waals surface area (Å²) in [6, 6.07) is 10.1. The molecular weight excluding hydrogens is 446 g/mol. The summed E-state index contributed by atoms with van der Waals surface area (Å²) in [7, 11) is 0. The Morgan fingerprint density at radius 1 is 1.00 bits per heavy atom. The maximum atomic E-state index is 13.2. The molecule has 0 spiro atoms. The lowest BCUT2D eigenvalue weighted by molar-refractivity contribution is -0.130. The van der Waals surface area contributed by atoms with Crippen LogP contribution >= 0.6 is 0 Å². The third kappa shape index (κ3) is 5.31. The lowest BCUT2D eigenvalue weighted by Crippen LogP contribution is -2.56. The summed E-state index contributed by atoms with van der Waals surface area (Å²) < 4.78 is 5.99. The van der Waals surface area contributed by atoms with E-state index in [9.17, 15) is 14.7 Å². The molecular formula is C26H33N5O4. The van der Waals surface area contributed by atoms with E-state index in [0.717, 1.165) is 38.8 Å². The zero-order valence-corrected chi connectivity index (χ0v) is 20.2. The topological polar surface area (TPSA) is 99.1 Å². The molecule has 2 amide bonds. The number of β-amino-alcohol motifs (C(OH)–C–C–N with tert-alkyl or cyclic N) is 1. The number of carbonyl (C=O) groups is 2. The molecule has 0 radical (unpaired) electrons. The molecule has 2 aromatic rings. The molecule has 2 fully saturated rings. The van der Waals surface area contributed by atoms with Crippen LogP contribution < -0.4 is 4.74 Å². The van der Waals surface area contributed by atoms with Crippen LogP contribution in [0, 0.1) is 0 Å². The monoisotopic (exact) mass is 479 g/mol. The number of rotatable bonds is 4. The third-order valence-corrected chi connectivity index (χ3v) is 7.50. The van der Waals surface area contributed by atoms with Gasteiger partial charge in [0.15, 0.2) is 0 Å². The van der Waals surface area contributed by atoms with Crippen LogP contribution in [-0.2, 0) is 17.8 Å². The fraction of sp³-hybridized carbons (Fsp3) is 0.538. The van der Waals surface area contributed by atoms with Crippen LogP contribution in [0.25, 0.3) is 0 Å². The van der Waals surface area contributed by atoms with Gasteiger partial charge in [0.2, 0.25) is 11.8 Å². The van der Waals surface area contributed by atoms with Crippen molar-refractivity contribution >= 4 is 11.8 Å². The SMILES string of the molecule is CC(=O)N1CCC(Oc2cc(C(=O)N3CC[C@@H](N4CCc5ccccc5C4)[C@H](O)C3)ncn2)CC1. The van der Waals surface area contributed by atoms with Gasteiger partial charge in [0.1, 0.15) is 18.1 Å². The first-order valence-corrected chi connectivity index (χ1v) is 12.5. The van der Waals surface area contributed by atoms with E-state index < -0.39 is 6.10 Å². The van der Waals surface area contributed by atoms with Gasteiger partial charge in [0.25, 0.3) is 5.91 Å². The van der Waals surface area contributed by atoms with Gasteiger partial charge >= 0.3 is 0 Å². The van der Waals surface area contributed by atoms with Crippen LogP contribution in [0.15, 0.2) is 36.7 Å². The number of amides is 2. The minimum Gasteiger partial charge on any atom is -0.474 e. The number of likely N-dealkylation sites (tertiary alicyclic amines) is 2. The fourth-order valence-electron chi connectivity index (χ4n) is 5.47. The van der Waals surface area contributed by atoms with Crippen LogP contribution in [0.3, 0.4) is 0 Å². The number of aromatic nitrogens is 2. The Hall–Kier alpha value is -3.04. The number of hydrogen-bond donors (Lipinski definition) is 1. The quantitative estimate of drug-likeness (QED) is 0.710. The van der Waals surface area contributed by atoms with Gasteiger partial charge in [0.05, 0.1) is 6.10 Å². The van der Waals surface area contributed by atoms with Gasteiger partial charge in [-0.15, -0.1) is 0 Å². The Balaban J connectivity index is 1.17. The normalized spacial score (nSPS) is 23.6. The average Bonchev–Trinajstić information content (AvgIpc) is 2.88. The molecule has 0 unspecified atom stereocenters. The first-order valence-electron chi connectivity index (χ1n) is 12.5. The highest BCUT2D eigenvalue weighted by molar-refractivity contribution is 5.92. The number of aliphatic hydroxyl groups excluding tert-OH is 1. The summed E-state index contributed by atoms with van der Waals surface area (Å²) in [4.78, 5) is 38.9. The standard InChI is InChI=1S/C26H33N5O4/c1-18(32)29-11-7-21(8-12-29)35-25-14-22(27-17-28-25)26(34)31-13-9-23(24(33)16-31)30-10-6-19-4-2-3-5-20(19)15-30/h2-5,14,17,21,23-24,33H,6-13,15-16H2,1H3/t23-,24-/m1/s1. The molecule has 0 aliphatic carbocycles. The van der Waals surface area contributed by atoms with Gasteiger partial charge in [-0.05, 0) is 24.0 Å². The van der Waals surface area contributed by atoms with E-state index >= 15 is 0 Å².